The van der Waals surface area contributed by atoms with Gasteiger partial charge in [-0.15, -0.1) is 0 Å². The number of nitrogens with two attached hydrogens (primary N) is 1. The average molecular weight is 355 g/mol. The second-order valence-electron chi connectivity index (χ2n) is 4.98. The highest BCUT2D eigenvalue weighted by atomic mass is 79.9. The van der Waals surface area contributed by atoms with Crippen LogP contribution < -0.4 is 16.0 Å². The average Bonchev–Trinajstić information content (AvgIpc) is 2.79. The highest BCUT2D eigenvalue weighted by Crippen LogP contribution is 2.30. The van der Waals surface area contributed by atoms with Crippen molar-refractivity contribution in [3.63, 3.8) is 0 Å². The second-order valence-corrected chi connectivity index (χ2v) is 6.27. The molecule has 1 aromatic carbocycles. The van der Waals surface area contributed by atoms with Crippen LogP contribution in [0.2, 0.25) is 0 Å². The monoisotopic (exact) mass is 354 g/mol. The number of halogens is 1. The number of benzene rings is 1. The van der Waals surface area contributed by atoms with Crippen molar-refractivity contribution < 1.29 is 4.79 Å². The molecule has 0 aromatic heterocycles. The first-order valence-electron chi connectivity index (χ1n) is 6.45. The molecule has 2 amide bonds. The van der Waals surface area contributed by atoms with Gasteiger partial charge in [-0.1, -0.05) is 18.3 Å². The van der Waals surface area contributed by atoms with Gasteiger partial charge >= 0.3 is 6.03 Å². The number of piperazine rings is 1. The molecule has 3 N–H and O–H groups in total. The van der Waals surface area contributed by atoms with Gasteiger partial charge in [-0.2, -0.15) is 0 Å². The van der Waals surface area contributed by atoms with E-state index in [1.54, 1.807) is 0 Å². The van der Waals surface area contributed by atoms with Gasteiger partial charge in [0.25, 0.3) is 0 Å². The van der Waals surface area contributed by atoms with Crippen molar-refractivity contribution in [3.05, 3.63) is 28.2 Å². The number of amides is 2. The molecule has 1 aromatic rings. The van der Waals surface area contributed by atoms with E-state index >= 15 is 0 Å². The van der Waals surface area contributed by atoms with Gasteiger partial charge in [0.1, 0.15) is 4.99 Å². The molecule has 5 nitrogen and oxygen atoms in total. The number of anilines is 1. The molecule has 2 aliphatic rings. The Labute approximate surface area is 131 Å². The Kier molecular flexibility index (Phi) is 3.55. The summed E-state index contributed by atoms with van der Waals surface area (Å²) in [6.07, 6.45) is 0. The Balaban J connectivity index is 1.89. The van der Waals surface area contributed by atoms with Crippen molar-refractivity contribution in [1.29, 1.82) is 0 Å². The lowest BCUT2D eigenvalue weighted by Crippen LogP contribution is -2.52. The van der Waals surface area contributed by atoms with E-state index in [-0.39, 0.29) is 12.1 Å². The summed E-state index contributed by atoms with van der Waals surface area (Å²) in [5.41, 5.74) is 7.75. The fraction of sp³-hybridized carbons (Fsp3) is 0.385. The predicted octanol–water partition coefficient (Wildman–Crippen LogP) is 1.30. The third kappa shape index (κ3) is 2.25. The van der Waals surface area contributed by atoms with E-state index in [9.17, 15) is 4.79 Å². The van der Waals surface area contributed by atoms with Crippen molar-refractivity contribution in [2.24, 2.45) is 5.73 Å². The first kappa shape index (κ1) is 13.6. The van der Waals surface area contributed by atoms with Crippen LogP contribution in [0.4, 0.5) is 10.5 Å². The summed E-state index contributed by atoms with van der Waals surface area (Å²) in [6.45, 7) is 3.01. The van der Waals surface area contributed by atoms with Crippen LogP contribution in [0.1, 0.15) is 5.56 Å². The fourth-order valence-corrected chi connectivity index (χ4v) is 3.76. The number of hydrogen-bond donors (Lipinski definition) is 2. The van der Waals surface area contributed by atoms with Crippen LogP contribution in [0.3, 0.4) is 0 Å². The first-order chi connectivity index (χ1) is 9.58. The lowest BCUT2D eigenvalue weighted by atomic mass is 10.1. The maximum Gasteiger partial charge on any atom is 0.317 e. The Hall–Kier alpha value is -1.34. The Morgan fingerprint density at radius 2 is 2.25 bits per heavy atom. The molecule has 20 heavy (non-hydrogen) atoms. The molecule has 3 rings (SSSR count). The van der Waals surface area contributed by atoms with Crippen LogP contribution in [0, 0.1) is 0 Å². The molecule has 2 saturated heterocycles. The van der Waals surface area contributed by atoms with Gasteiger partial charge in [-0.3, -0.25) is 0 Å². The number of urea groups is 1. The van der Waals surface area contributed by atoms with Crippen LogP contribution in [0.25, 0.3) is 0 Å². The van der Waals surface area contributed by atoms with E-state index in [4.69, 9.17) is 18.0 Å². The molecule has 7 heteroatoms. The lowest BCUT2D eigenvalue weighted by Gasteiger charge is -2.38. The third-order valence-corrected chi connectivity index (χ3v) is 4.68. The molecule has 1 unspecified atom stereocenters. The maximum absolute atomic E-state index is 11.6. The zero-order valence-electron chi connectivity index (χ0n) is 10.8. The standard InChI is InChI=1S/C13H15BrN4OS/c14-9-2-1-3-10(11(9)12(15)20)17-4-5-18-8(7-17)6-16-13(18)19/h1-3,8H,4-7H2,(H2,15,20)(H,16,19). The summed E-state index contributed by atoms with van der Waals surface area (Å²) in [5, 5.41) is 2.88. The summed E-state index contributed by atoms with van der Waals surface area (Å²) in [7, 11) is 0. The third-order valence-electron chi connectivity index (χ3n) is 3.81. The van der Waals surface area contributed by atoms with E-state index in [1.807, 2.05) is 23.1 Å². The molecule has 1 atom stereocenters. The minimum Gasteiger partial charge on any atom is -0.389 e. The van der Waals surface area contributed by atoms with Crippen LogP contribution >= 0.6 is 28.1 Å². The van der Waals surface area contributed by atoms with Crippen molar-refractivity contribution in [2.45, 2.75) is 6.04 Å². The van der Waals surface area contributed by atoms with Crippen LogP contribution in [-0.4, -0.2) is 48.1 Å². The summed E-state index contributed by atoms with van der Waals surface area (Å²) in [6, 6.07) is 6.20. The highest BCUT2D eigenvalue weighted by Gasteiger charge is 2.36. The van der Waals surface area contributed by atoms with E-state index < -0.39 is 0 Å². The van der Waals surface area contributed by atoms with Crippen LogP contribution in [-0.2, 0) is 0 Å². The van der Waals surface area contributed by atoms with Crippen molar-refractivity contribution in [3.8, 4) is 0 Å². The Morgan fingerprint density at radius 1 is 1.45 bits per heavy atom. The number of fused-ring (bicyclic) bond motifs is 1. The maximum atomic E-state index is 11.6. The SMILES string of the molecule is NC(=S)c1c(Br)cccc1N1CCN2C(=O)NCC2C1. The summed E-state index contributed by atoms with van der Waals surface area (Å²) in [5.74, 6) is 0. The minimum atomic E-state index is 0.0402. The van der Waals surface area contributed by atoms with Crippen molar-refractivity contribution in [1.82, 2.24) is 10.2 Å². The largest absolute Gasteiger partial charge is 0.389 e. The van der Waals surface area contributed by atoms with Gasteiger partial charge in [-0.25, -0.2) is 4.79 Å². The molecule has 0 spiro atoms. The molecule has 0 aliphatic carbocycles. The molecule has 2 aliphatic heterocycles. The molecule has 106 valence electrons. The number of thiocarbonyl (C=S) groups is 1. The zero-order chi connectivity index (χ0) is 14.3. The molecule has 0 radical (unpaired) electrons. The van der Waals surface area contributed by atoms with Gasteiger partial charge in [-0.05, 0) is 28.1 Å². The smallest absolute Gasteiger partial charge is 0.317 e. The first-order valence-corrected chi connectivity index (χ1v) is 7.66. The van der Waals surface area contributed by atoms with Crippen molar-refractivity contribution in [2.75, 3.05) is 31.1 Å². The Bertz CT molecular complexity index is 579. The van der Waals surface area contributed by atoms with E-state index in [1.165, 1.54) is 0 Å². The lowest BCUT2D eigenvalue weighted by molar-refractivity contribution is 0.197. The van der Waals surface area contributed by atoms with Gasteiger partial charge < -0.3 is 20.9 Å². The zero-order valence-corrected chi connectivity index (χ0v) is 13.2. The number of nitrogens with one attached hydrogen (secondary N) is 1. The highest BCUT2D eigenvalue weighted by molar-refractivity contribution is 9.10. The molecule has 0 saturated carbocycles. The summed E-state index contributed by atoms with van der Waals surface area (Å²) in [4.78, 5) is 16.2. The van der Waals surface area contributed by atoms with Gasteiger partial charge in [0.15, 0.2) is 0 Å². The number of carbonyl (C=O) groups is 1. The molecule has 2 heterocycles. The van der Waals surface area contributed by atoms with Gasteiger partial charge in [0.05, 0.1) is 6.04 Å². The Morgan fingerprint density at radius 3 is 3.00 bits per heavy atom. The number of rotatable bonds is 2. The second kappa shape index (κ2) is 5.21. The van der Waals surface area contributed by atoms with Crippen molar-refractivity contribution >= 4 is 44.9 Å². The van der Waals surface area contributed by atoms with E-state index in [0.29, 0.717) is 11.5 Å². The van der Waals surface area contributed by atoms with Crippen LogP contribution in [0.15, 0.2) is 22.7 Å². The fourth-order valence-electron chi connectivity index (χ4n) is 2.84. The summed E-state index contributed by atoms with van der Waals surface area (Å²) >= 11 is 8.67. The van der Waals surface area contributed by atoms with E-state index in [2.05, 4.69) is 26.1 Å². The topological polar surface area (TPSA) is 61.6 Å². The van der Waals surface area contributed by atoms with E-state index in [0.717, 1.165) is 35.4 Å². The summed E-state index contributed by atoms with van der Waals surface area (Å²) < 4.78 is 0.908. The molecule has 2 fully saturated rings. The number of nitrogens with zero attached hydrogens (tertiary/aromatic N) is 2. The van der Waals surface area contributed by atoms with Gasteiger partial charge in [0, 0.05) is 41.9 Å². The minimum absolute atomic E-state index is 0.0402. The molecular weight excluding hydrogens is 340 g/mol. The normalized spacial score (nSPS) is 21.6. The molecule has 0 bridgehead atoms. The molecular formula is C13H15BrN4OS. The number of carbonyl (C=O) groups excluding carboxylic acids is 1. The predicted molar refractivity (Wildman–Crippen MR) is 86.1 cm³/mol. The van der Waals surface area contributed by atoms with Crippen LogP contribution in [0.5, 0.6) is 0 Å². The number of hydrogen-bond acceptors (Lipinski definition) is 3. The van der Waals surface area contributed by atoms with Gasteiger partial charge in [0.2, 0.25) is 0 Å². The quantitative estimate of drug-likeness (QED) is 0.785.